The average Bonchev–Trinajstić information content (AvgIpc) is 2.02. The molecule has 0 atom stereocenters. The SMILES string of the molecule is CC(=O)N1CCC2(CCS2)CC1. The van der Waals surface area contributed by atoms with Gasteiger partial charge in [0.1, 0.15) is 0 Å². The standard InChI is InChI=1S/C9H15NOS/c1-8(11)10-5-2-9(3-6-10)4-7-12-9/h2-7H2,1H3. The van der Waals surface area contributed by atoms with Crippen molar-refractivity contribution in [3.63, 3.8) is 0 Å². The van der Waals surface area contributed by atoms with E-state index in [1.165, 1.54) is 25.0 Å². The molecule has 0 bridgehead atoms. The molecule has 1 amide bonds. The predicted molar refractivity (Wildman–Crippen MR) is 51.3 cm³/mol. The fourth-order valence-electron chi connectivity index (χ4n) is 2.01. The quantitative estimate of drug-likeness (QED) is 0.570. The minimum atomic E-state index is 0.245. The maximum absolute atomic E-state index is 11.0. The van der Waals surface area contributed by atoms with Crippen LogP contribution in [0.15, 0.2) is 0 Å². The molecule has 2 aliphatic heterocycles. The van der Waals surface area contributed by atoms with Crippen molar-refractivity contribution in [3.8, 4) is 0 Å². The van der Waals surface area contributed by atoms with Crippen LogP contribution < -0.4 is 0 Å². The largest absolute Gasteiger partial charge is 0.343 e. The van der Waals surface area contributed by atoms with Gasteiger partial charge < -0.3 is 4.90 Å². The molecule has 2 fully saturated rings. The van der Waals surface area contributed by atoms with Gasteiger partial charge in [0.25, 0.3) is 0 Å². The van der Waals surface area contributed by atoms with Gasteiger partial charge in [0, 0.05) is 24.8 Å². The number of hydrogen-bond donors (Lipinski definition) is 0. The van der Waals surface area contributed by atoms with E-state index in [0.29, 0.717) is 4.75 Å². The van der Waals surface area contributed by atoms with Gasteiger partial charge in [-0.05, 0) is 25.0 Å². The Morgan fingerprint density at radius 1 is 1.33 bits per heavy atom. The lowest BCUT2D eigenvalue weighted by Crippen LogP contribution is -2.48. The summed E-state index contributed by atoms with van der Waals surface area (Å²) in [5.41, 5.74) is 0. The van der Waals surface area contributed by atoms with Crippen LogP contribution in [-0.2, 0) is 4.79 Å². The van der Waals surface area contributed by atoms with Gasteiger partial charge in [0.2, 0.25) is 5.91 Å². The van der Waals surface area contributed by atoms with Gasteiger partial charge in [0.05, 0.1) is 0 Å². The third kappa shape index (κ3) is 1.35. The van der Waals surface area contributed by atoms with Crippen LogP contribution in [0.5, 0.6) is 0 Å². The van der Waals surface area contributed by atoms with Gasteiger partial charge in [-0.2, -0.15) is 11.8 Å². The molecule has 0 aromatic heterocycles. The number of hydrogen-bond acceptors (Lipinski definition) is 2. The second-order valence-electron chi connectivity index (χ2n) is 3.79. The maximum atomic E-state index is 11.0. The number of amides is 1. The Bertz CT molecular complexity index is 191. The molecule has 0 aromatic rings. The molecule has 2 aliphatic rings. The molecule has 0 aromatic carbocycles. The van der Waals surface area contributed by atoms with E-state index in [0.717, 1.165) is 13.1 Å². The number of rotatable bonds is 0. The zero-order valence-electron chi connectivity index (χ0n) is 7.51. The van der Waals surface area contributed by atoms with Gasteiger partial charge in [-0.15, -0.1) is 0 Å². The van der Waals surface area contributed by atoms with Crippen LogP contribution in [0.25, 0.3) is 0 Å². The smallest absolute Gasteiger partial charge is 0.219 e. The number of carbonyl (C=O) groups is 1. The van der Waals surface area contributed by atoms with Gasteiger partial charge in [-0.25, -0.2) is 0 Å². The summed E-state index contributed by atoms with van der Waals surface area (Å²) in [6.07, 6.45) is 3.82. The predicted octanol–water partition coefficient (Wildman–Crippen LogP) is 1.50. The van der Waals surface area contributed by atoms with E-state index in [2.05, 4.69) is 11.8 Å². The van der Waals surface area contributed by atoms with Crippen LogP contribution in [0.1, 0.15) is 26.2 Å². The van der Waals surface area contributed by atoms with Crippen molar-refractivity contribution in [3.05, 3.63) is 0 Å². The van der Waals surface area contributed by atoms with Gasteiger partial charge >= 0.3 is 0 Å². The van der Waals surface area contributed by atoms with Crippen LogP contribution in [0, 0.1) is 0 Å². The minimum Gasteiger partial charge on any atom is -0.343 e. The Morgan fingerprint density at radius 3 is 2.25 bits per heavy atom. The molecule has 0 aliphatic carbocycles. The highest BCUT2D eigenvalue weighted by Gasteiger charge is 2.40. The highest BCUT2D eigenvalue weighted by Crippen LogP contribution is 2.47. The van der Waals surface area contributed by atoms with E-state index < -0.39 is 0 Å². The Morgan fingerprint density at radius 2 is 1.92 bits per heavy atom. The Kier molecular flexibility index (Phi) is 2.07. The zero-order chi connectivity index (χ0) is 8.60. The van der Waals surface area contributed by atoms with Crippen molar-refractivity contribution in [2.24, 2.45) is 0 Å². The van der Waals surface area contributed by atoms with Crippen molar-refractivity contribution >= 4 is 17.7 Å². The van der Waals surface area contributed by atoms with Crippen molar-refractivity contribution in [1.82, 2.24) is 4.90 Å². The Hall–Kier alpha value is -0.180. The van der Waals surface area contributed by atoms with Crippen molar-refractivity contribution < 1.29 is 4.79 Å². The lowest BCUT2D eigenvalue weighted by atomic mass is 9.92. The van der Waals surface area contributed by atoms with E-state index in [1.807, 2.05) is 4.90 Å². The third-order valence-electron chi connectivity index (χ3n) is 3.09. The molecule has 1 spiro atoms. The molecule has 2 rings (SSSR count). The van der Waals surface area contributed by atoms with Gasteiger partial charge in [0.15, 0.2) is 0 Å². The first-order valence-corrected chi connectivity index (χ1v) is 5.60. The molecule has 0 unspecified atom stereocenters. The number of nitrogens with zero attached hydrogens (tertiary/aromatic N) is 1. The molecular weight excluding hydrogens is 170 g/mol. The summed E-state index contributed by atoms with van der Waals surface area (Å²) in [4.78, 5) is 13.0. The number of thioether (sulfide) groups is 1. The number of likely N-dealkylation sites (tertiary alicyclic amines) is 1. The minimum absolute atomic E-state index is 0.245. The highest BCUT2D eigenvalue weighted by molar-refractivity contribution is 8.02. The summed E-state index contributed by atoms with van der Waals surface area (Å²) >= 11 is 2.10. The van der Waals surface area contributed by atoms with E-state index >= 15 is 0 Å². The van der Waals surface area contributed by atoms with Crippen LogP contribution in [0.4, 0.5) is 0 Å². The molecule has 68 valence electrons. The zero-order valence-corrected chi connectivity index (χ0v) is 8.32. The van der Waals surface area contributed by atoms with Crippen LogP contribution in [-0.4, -0.2) is 34.4 Å². The van der Waals surface area contributed by atoms with E-state index in [1.54, 1.807) is 6.92 Å². The first-order valence-electron chi connectivity index (χ1n) is 4.61. The summed E-state index contributed by atoms with van der Waals surface area (Å²) in [5.74, 6) is 1.58. The molecule has 0 saturated carbocycles. The molecule has 2 saturated heterocycles. The molecule has 2 heterocycles. The van der Waals surface area contributed by atoms with Crippen molar-refractivity contribution in [2.45, 2.75) is 30.9 Å². The molecular formula is C9H15NOS. The Labute approximate surface area is 77.7 Å². The summed E-state index contributed by atoms with van der Waals surface area (Å²) in [7, 11) is 0. The van der Waals surface area contributed by atoms with Gasteiger partial charge in [-0.3, -0.25) is 4.79 Å². The first-order chi connectivity index (χ1) is 5.72. The van der Waals surface area contributed by atoms with Crippen molar-refractivity contribution in [2.75, 3.05) is 18.8 Å². The summed E-state index contributed by atoms with van der Waals surface area (Å²) in [6.45, 7) is 3.65. The lowest BCUT2D eigenvalue weighted by Gasteiger charge is -2.47. The maximum Gasteiger partial charge on any atom is 0.219 e. The van der Waals surface area contributed by atoms with Crippen molar-refractivity contribution in [1.29, 1.82) is 0 Å². The highest BCUT2D eigenvalue weighted by atomic mass is 32.2. The van der Waals surface area contributed by atoms with Crippen LogP contribution in [0.3, 0.4) is 0 Å². The summed E-state index contributed by atoms with van der Waals surface area (Å²) < 4.78 is 0.589. The number of piperidine rings is 1. The summed E-state index contributed by atoms with van der Waals surface area (Å²) in [5, 5.41) is 0. The van der Waals surface area contributed by atoms with Gasteiger partial charge in [-0.1, -0.05) is 0 Å². The summed E-state index contributed by atoms with van der Waals surface area (Å²) in [6, 6.07) is 0. The average molecular weight is 185 g/mol. The fourth-order valence-corrected chi connectivity index (χ4v) is 3.27. The molecule has 12 heavy (non-hydrogen) atoms. The van der Waals surface area contributed by atoms with E-state index in [9.17, 15) is 4.79 Å². The third-order valence-corrected chi connectivity index (χ3v) is 4.72. The van der Waals surface area contributed by atoms with E-state index in [4.69, 9.17) is 0 Å². The molecule has 0 N–H and O–H groups in total. The van der Waals surface area contributed by atoms with E-state index in [-0.39, 0.29) is 5.91 Å². The molecule has 3 heteroatoms. The molecule has 0 radical (unpaired) electrons. The lowest BCUT2D eigenvalue weighted by molar-refractivity contribution is -0.130. The second-order valence-corrected chi connectivity index (χ2v) is 5.35. The topological polar surface area (TPSA) is 20.3 Å². The monoisotopic (exact) mass is 185 g/mol. The first kappa shape index (κ1) is 8.42. The van der Waals surface area contributed by atoms with Crippen LogP contribution in [0.2, 0.25) is 0 Å². The fraction of sp³-hybridized carbons (Fsp3) is 0.889. The Balaban J connectivity index is 1.88. The number of carbonyl (C=O) groups excluding carboxylic acids is 1. The second kappa shape index (κ2) is 2.95. The molecule has 2 nitrogen and oxygen atoms in total. The van der Waals surface area contributed by atoms with Crippen LogP contribution >= 0.6 is 11.8 Å². The normalized spacial score (nSPS) is 26.9.